The summed E-state index contributed by atoms with van der Waals surface area (Å²) < 4.78 is 0. The summed E-state index contributed by atoms with van der Waals surface area (Å²) in [6, 6.07) is 0. The molecule has 118 valence electrons. The van der Waals surface area contributed by atoms with Crippen LogP contribution in [-0.2, 0) is 0 Å². The zero-order chi connectivity index (χ0) is 15.4. The molecule has 0 amide bonds. The molecule has 1 nitrogen and oxygen atoms in total. The quantitative estimate of drug-likeness (QED) is 0.553. The SMILES string of the molecule is C=C(CCC=C(C)C)CCC1CCN(C)CC1.CCC. The molecule has 1 saturated heterocycles. The Hall–Kier alpha value is -0.560. The van der Waals surface area contributed by atoms with Gasteiger partial charge in [-0.3, -0.25) is 0 Å². The predicted octanol–water partition coefficient (Wildman–Crippen LogP) is 5.83. The molecule has 0 aliphatic carbocycles. The third kappa shape index (κ3) is 11.3. The minimum Gasteiger partial charge on any atom is -0.306 e. The summed E-state index contributed by atoms with van der Waals surface area (Å²) in [5.74, 6) is 0.950. The lowest BCUT2D eigenvalue weighted by molar-refractivity contribution is 0.212. The molecule has 1 fully saturated rings. The van der Waals surface area contributed by atoms with Gasteiger partial charge in [0, 0.05) is 0 Å². The Morgan fingerprint density at radius 3 is 2.20 bits per heavy atom. The molecule has 0 atom stereocenters. The molecular formula is C19H37N. The van der Waals surface area contributed by atoms with E-state index in [2.05, 4.69) is 52.3 Å². The van der Waals surface area contributed by atoms with Crippen molar-refractivity contribution in [2.75, 3.05) is 20.1 Å². The van der Waals surface area contributed by atoms with Gasteiger partial charge < -0.3 is 4.90 Å². The Labute approximate surface area is 128 Å². The highest BCUT2D eigenvalue weighted by Gasteiger charge is 2.16. The van der Waals surface area contributed by atoms with E-state index in [-0.39, 0.29) is 0 Å². The van der Waals surface area contributed by atoms with Gasteiger partial charge in [-0.2, -0.15) is 0 Å². The third-order valence-corrected chi connectivity index (χ3v) is 3.79. The number of allylic oxidation sites excluding steroid dienone is 3. The number of likely N-dealkylation sites (tertiary alicyclic amines) is 1. The molecule has 0 N–H and O–H groups in total. The molecule has 0 aromatic rings. The van der Waals surface area contributed by atoms with Gasteiger partial charge in [-0.15, -0.1) is 0 Å². The fourth-order valence-corrected chi connectivity index (χ4v) is 2.45. The monoisotopic (exact) mass is 279 g/mol. The van der Waals surface area contributed by atoms with Crippen LogP contribution < -0.4 is 0 Å². The molecule has 1 aliphatic heterocycles. The van der Waals surface area contributed by atoms with Crippen molar-refractivity contribution in [3.8, 4) is 0 Å². The van der Waals surface area contributed by atoms with Crippen molar-refractivity contribution in [3.05, 3.63) is 23.8 Å². The molecule has 0 saturated carbocycles. The van der Waals surface area contributed by atoms with Crippen LogP contribution in [0.1, 0.15) is 72.6 Å². The predicted molar refractivity (Wildman–Crippen MR) is 93.2 cm³/mol. The first-order valence-corrected chi connectivity index (χ1v) is 8.48. The van der Waals surface area contributed by atoms with E-state index in [0.717, 1.165) is 5.92 Å². The van der Waals surface area contributed by atoms with Crippen molar-refractivity contribution in [3.63, 3.8) is 0 Å². The van der Waals surface area contributed by atoms with Crippen LogP contribution in [0.5, 0.6) is 0 Å². The number of nitrogens with zero attached hydrogens (tertiary/aromatic N) is 1. The minimum absolute atomic E-state index is 0.950. The lowest BCUT2D eigenvalue weighted by atomic mass is 9.90. The van der Waals surface area contributed by atoms with Crippen LogP contribution in [0.15, 0.2) is 23.8 Å². The maximum absolute atomic E-state index is 4.21. The van der Waals surface area contributed by atoms with Gasteiger partial charge >= 0.3 is 0 Å². The summed E-state index contributed by atoms with van der Waals surface area (Å²) >= 11 is 0. The van der Waals surface area contributed by atoms with Gasteiger partial charge in [0.15, 0.2) is 0 Å². The zero-order valence-electron chi connectivity index (χ0n) is 14.7. The van der Waals surface area contributed by atoms with Gasteiger partial charge in [0.25, 0.3) is 0 Å². The molecule has 1 heterocycles. The van der Waals surface area contributed by atoms with Crippen LogP contribution in [0.2, 0.25) is 0 Å². The molecule has 0 bridgehead atoms. The van der Waals surface area contributed by atoms with E-state index >= 15 is 0 Å². The molecule has 0 spiro atoms. The van der Waals surface area contributed by atoms with Gasteiger partial charge in [0.05, 0.1) is 0 Å². The van der Waals surface area contributed by atoms with Gasteiger partial charge in [-0.25, -0.2) is 0 Å². The molecule has 0 aromatic heterocycles. The van der Waals surface area contributed by atoms with Crippen molar-refractivity contribution >= 4 is 0 Å². The summed E-state index contributed by atoms with van der Waals surface area (Å²) in [6.07, 6.45) is 11.3. The van der Waals surface area contributed by atoms with E-state index in [1.54, 1.807) is 0 Å². The van der Waals surface area contributed by atoms with Crippen LogP contribution in [-0.4, -0.2) is 25.0 Å². The van der Waals surface area contributed by atoms with Crippen LogP contribution >= 0.6 is 0 Å². The molecule has 1 aliphatic rings. The normalized spacial score (nSPS) is 16.2. The highest BCUT2D eigenvalue weighted by atomic mass is 15.1. The highest BCUT2D eigenvalue weighted by molar-refractivity contribution is 5.00. The average molecular weight is 280 g/mol. The second-order valence-corrected chi connectivity index (χ2v) is 6.56. The molecule has 20 heavy (non-hydrogen) atoms. The standard InChI is InChI=1S/C16H29N.C3H8/c1-14(2)6-5-7-15(3)8-9-16-10-12-17(4)13-11-16;1-3-2/h6,16H,3,5,7-13H2,1-2,4H3;3H2,1-2H3. The molecule has 0 radical (unpaired) electrons. The first kappa shape index (κ1) is 19.4. The van der Waals surface area contributed by atoms with Crippen LogP contribution in [0.3, 0.4) is 0 Å². The maximum atomic E-state index is 4.21. The third-order valence-electron chi connectivity index (χ3n) is 3.79. The summed E-state index contributed by atoms with van der Waals surface area (Å²) in [7, 11) is 2.23. The van der Waals surface area contributed by atoms with Gasteiger partial charge in [0.1, 0.15) is 0 Å². The Morgan fingerprint density at radius 2 is 1.70 bits per heavy atom. The lowest BCUT2D eigenvalue weighted by Crippen LogP contribution is -2.30. The smallest absolute Gasteiger partial charge is 0.00191 e. The topological polar surface area (TPSA) is 3.24 Å². The van der Waals surface area contributed by atoms with Crippen molar-refractivity contribution in [1.29, 1.82) is 0 Å². The van der Waals surface area contributed by atoms with Crippen molar-refractivity contribution in [2.45, 2.75) is 72.6 Å². The van der Waals surface area contributed by atoms with Crippen molar-refractivity contribution in [1.82, 2.24) is 4.90 Å². The van der Waals surface area contributed by atoms with E-state index in [4.69, 9.17) is 0 Å². The number of hydrogen-bond donors (Lipinski definition) is 0. The highest BCUT2D eigenvalue weighted by Crippen LogP contribution is 2.23. The fourth-order valence-electron chi connectivity index (χ4n) is 2.45. The number of piperidine rings is 1. The number of hydrogen-bond acceptors (Lipinski definition) is 1. The maximum Gasteiger partial charge on any atom is -0.00191 e. The molecule has 1 rings (SSSR count). The van der Waals surface area contributed by atoms with Crippen molar-refractivity contribution in [2.24, 2.45) is 5.92 Å². The Balaban J connectivity index is 0.00000110. The van der Waals surface area contributed by atoms with Gasteiger partial charge in [0.2, 0.25) is 0 Å². The van der Waals surface area contributed by atoms with E-state index in [1.807, 2.05) is 0 Å². The van der Waals surface area contributed by atoms with Gasteiger partial charge in [-0.05, 0) is 78.4 Å². The van der Waals surface area contributed by atoms with E-state index in [0.29, 0.717) is 0 Å². The van der Waals surface area contributed by atoms with Crippen LogP contribution in [0, 0.1) is 5.92 Å². The van der Waals surface area contributed by atoms with Crippen LogP contribution in [0.4, 0.5) is 0 Å². The largest absolute Gasteiger partial charge is 0.306 e. The second-order valence-electron chi connectivity index (χ2n) is 6.56. The molecular weight excluding hydrogens is 242 g/mol. The van der Waals surface area contributed by atoms with Crippen molar-refractivity contribution < 1.29 is 0 Å². The lowest BCUT2D eigenvalue weighted by Gasteiger charge is -2.29. The Bertz CT molecular complexity index is 265. The fraction of sp³-hybridized carbons (Fsp3) is 0.789. The van der Waals surface area contributed by atoms with E-state index in [1.165, 1.54) is 69.2 Å². The number of rotatable bonds is 6. The molecule has 0 unspecified atom stereocenters. The van der Waals surface area contributed by atoms with E-state index < -0.39 is 0 Å². The Morgan fingerprint density at radius 1 is 1.15 bits per heavy atom. The Kier molecular flexibility index (Phi) is 11.9. The molecule has 0 aromatic carbocycles. The summed E-state index contributed by atoms with van der Waals surface area (Å²) in [4.78, 5) is 2.44. The summed E-state index contributed by atoms with van der Waals surface area (Å²) in [5, 5.41) is 0. The summed E-state index contributed by atoms with van der Waals surface area (Å²) in [5.41, 5.74) is 2.87. The van der Waals surface area contributed by atoms with E-state index in [9.17, 15) is 0 Å². The second kappa shape index (κ2) is 12.2. The average Bonchev–Trinajstić information content (AvgIpc) is 2.38. The first-order valence-electron chi connectivity index (χ1n) is 8.48. The van der Waals surface area contributed by atoms with Gasteiger partial charge in [-0.1, -0.05) is 44.1 Å². The first-order chi connectivity index (χ1) is 9.49. The zero-order valence-corrected chi connectivity index (χ0v) is 14.7. The molecule has 1 heteroatoms. The summed E-state index contributed by atoms with van der Waals surface area (Å²) in [6.45, 7) is 15.4. The van der Waals surface area contributed by atoms with Crippen LogP contribution in [0.25, 0.3) is 0 Å². The minimum atomic E-state index is 0.950.